The zero-order chi connectivity index (χ0) is 14.8. The number of anilines is 2. The van der Waals surface area contributed by atoms with E-state index >= 15 is 0 Å². The van der Waals surface area contributed by atoms with Crippen LogP contribution in [0, 0.1) is 19.3 Å². The normalized spacial score (nSPS) is 20.9. The fourth-order valence-electron chi connectivity index (χ4n) is 2.94. The van der Waals surface area contributed by atoms with Gasteiger partial charge < -0.3 is 10.6 Å². The maximum absolute atomic E-state index is 4.61. The van der Waals surface area contributed by atoms with Crippen LogP contribution in [0.4, 0.5) is 11.6 Å². The second-order valence-corrected chi connectivity index (χ2v) is 6.60. The van der Waals surface area contributed by atoms with Crippen molar-refractivity contribution in [1.82, 2.24) is 9.97 Å². The van der Waals surface area contributed by atoms with E-state index in [1.54, 1.807) is 0 Å². The summed E-state index contributed by atoms with van der Waals surface area (Å²) in [4.78, 5) is 9.13. The van der Waals surface area contributed by atoms with Gasteiger partial charge in [0.05, 0.1) is 0 Å². The summed E-state index contributed by atoms with van der Waals surface area (Å²) in [5.41, 5.74) is 1.48. The average Bonchev–Trinajstić information content (AvgIpc) is 2.71. The summed E-state index contributed by atoms with van der Waals surface area (Å²) in [5, 5.41) is 7.06. The molecule has 1 aliphatic carbocycles. The Morgan fingerprint density at radius 2 is 1.90 bits per heavy atom. The van der Waals surface area contributed by atoms with E-state index in [0.29, 0.717) is 11.5 Å². The van der Waals surface area contributed by atoms with E-state index in [9.17, 15) is 0 Å². The quantitative estimate of drug-likeness (QED) is 0.856. The van der Waals surface area contributed by atoms with E-state index < -0.39 is 0 Å². The average molecular weight is 276 g/mol. The van der Waals surface area contributed by atoms with Crippen molar-refractivity contribution >= 4 is 11.6 Å². The van der Waals surface area contributed by atoms with Crippen LogP contribution in [0.15, 0.2) is 0 Å². The molecule has 0 bridgehead atoms. The number of nitrogens with one attached hydrogen (secondary N) is 2. The zero-order valence-corrected chi connectivity index (χ0v) is 13.5. The molecule has 0 saturated heterocycles. The molecule has 0 radical (unpaired) electrons. The van der Waals surface area contributed by atoms with Gasteiger partial charge in [-0.3, -0.25) is 0 Å². The SMILES string of the molecule is CCCNc1nc(C)nc(NC2CCCC2(C)C)c1C. The number of hydrogen-bond donors (Lipinski definition) is 2. The highest BCUT2D eigenvalue weighted by Crippen LogP contribution is 2.39. The molecule has 0 spiro atoms. The lowest BCUT2D eigenvalue weighted by atomic mass is 9.87. The summed E-state index contributed by atoms with van der Waals surface area (Å²) < 4.78 is 0. The lowest BCUT2D eigenvalue weighted by Gasteiger charge is -2.29. The third kappa shape index (κ3) is 3.22. The minimum atomic E-state index is 0.350. The summed E-state index contributed by atoms with van der Waals surface area (Å²) in [6, 6.07) is 0.509. The van der Waals surface area contributed by atoms with Gasteiger partial charge in [-0.1, -0.05) is 27.2 Å². The minimum absolute atomic E-state index is 0.350. The van der Waals surface area contributed by atoms with Crippen LogP contribution < -0.4 is 10.6 Å². The first kappa shape index (κ1) is 15.1. The summed E-state index contributed by atoms with van der Waals surface area (Å²) in [6.45, 7) is 11.9. The van der Waals surface area contributed by atoms with Crippen molar-refractivity contribution in [1.29, 1.82) is 0 Å². The van der Waals surface area contributed by atoms with Gasteiger partial charge in [-0.15, -0.1) is 0 Å². The van der Waals surface area contributed by atoms with Crippen molar-refractivity contribution in [2.24, 2.45) is 5.41 Å². The molecule has 1 aromatic heterocycles. The van der Waals surface area contributed by atoms with Crippen molar-refractivity contribution < 1.29 is 0 Å². The summed E-state index contributed by atoms with van der Waals surface area (Å²) in [7, 11) is 0. The molecule has 2 N–H and O–H groups in total. The Morgan fingerprint density at radius 3 is 2.50 bits per heavy atom. The molecule has 1 unspecified atom stereocenters. The number of aromatic nitrogens is 2. The van der Waals surface area contributed by atoms with Gasteiger partial charge in [0.15, 0.2) is 0 Å². The van der Waals surface area contributed by atoms with E-state index in [4.69, 9.17) is 0 Å². The number of nitrogens with zero attached hydrogens (tertiary/aromatic N) is 2. The Balaban J connectivity index is 2.21. The Hall–Kier alpha value is -1.32. The highest BCUT2D eigenvalue weighted by atomic mass is 15.1. The van der Waals surface area contributed by atoms with Gasteiger partial charge in [0, 0.05) is 18.2 Å². The third-order valence-electron chi connectivity index (χ3n) is 4.37. The Kier molecular flexibility index (Phi) is 4.51. The zero-order valence-electron chi connectivity index (χ0n) is 13.5. The Labute approximate surface area is 122 Å². The molecule has 0 aliphatic heterocycles. The van der Waals surface area contributed by atoms with Gasteiger partial charge in [0.1, 0.15) is 17.5 Å². The lowest BCUT2D eigenvalue weighted by Crippen LogP contribution is -2.31. The van der Waals surface area contributed by atoms with Crippen molar-refractivity contribution in [3.05, 3.63) is 11.4 Å². The molecular formula is C16H28N4. The standard InChI is InChI=1S/C16H28N4/c1-6-10-17-14-11(2)15(19-12(3)18-14)20-13-8-7-9-16(13,4)5/h13H,6-10H2,1-5H3,(H2,17,18,19,20). The minimum Gasteiger partial charge on any atom is -0.370 e. The van der Waals surface area contributed by atoms with Crippen molar-refractivity contribution in [2.45, 2.75) is 66.3 Å². The highest BCUT2D eigenvalue weighted by molar-refractivity contribution is 5.57. The monoisotopic (exact) mass is 276 g/mol. The molecule has 1 aromatic rings. The van der Waals surface area contributed by atoms with Gasteiger partial charge in [-0.05, 0) is 38.5 Å². The molecule has 20 heavy (non-hydrogen) atoms. The maximum Gasteiger partial charge on any atom is 0.134 e. The summed E-state index contributed by atoms with van der Waals surface area (Å²) >= 11 is 0. The molecule has 1 fully saturated rings. The van der Waals surface area contributed by atoms with E-state index in [-0.39, 0.29) is 0 Å². The Bertz CT molecular complexity index is 468. The van der Waals surface area contributed by atoms with Crippen LogP contribution in [0.5, 0.6) is 0 Å². The van der Waals surface area contributed by atoms with Crippen molar-refractivity contribution in [3.8, 4) is 0 Å². The van der Waals surface area contributed by atoms with Crippen LogP contribution in [-0.4, -0.2) is 22.6 Å². The molecule has 0 amide bonds. The second-order valence-electron chi connectivity index (χ2n) is 6.60. The van der Waals surface area contributed by atoms with Gasteiger partial charge in [-0.25, -0.2) is 9.97 Å². The largest absolute Gasteiger partial charge is 0.370 e. The maximum atomic E-state index is 4.61. The van der Waals surface area contributed by atoms with Crippen LogP contribution in [-0.2, 0) is 0 Å². The molecule has 4 heteroatoms. The first-order chi connectivity index (χ1) is 9.44. The molecule has 1 aliphatic rings. The molecular weight excluding hydrogens is 248 g/mol. The lowest BCUT2D eigenvalue weighted by molar-refractivity contribution is 0.349. The smallest absolute Gasteiger partial charge is 0.134 e. The summed E-state index contributed by atoms with van der Waals surface area (Å²) in [6.07, 6.45) is 4.91. The van der Waals surface area contributed by atoms with Crippen molar-refractivity contribution in [2.75, 3.05) is 17.2 Å². The van der Waals surface area contributed by atoms with Crippen LogP contribution in [0.2, 0.25) is 0 Å². The topological polar surface area (TPSA) is 49.8 Å². The van der Waals surface area contributed by atoms with Gasteiger partial charge in [0.2, 0.25) is 0 Å². The molecule has 2 rings (SSSR count). The molecule has 1 atom stereocenters. The predicted molar refractivity (Wildman–Crippen MR) is 85.3 cm³/mol. The van der Waals surface area contributed by atoms with E-state index in [0.717, 1.165) is 36.0 Å². The van der Waals surface area contributed by atoms with Crippen LogP contribution in [0.1, 0.15) is 57.8 Å². The van der Waals surface area contributed by atoms with Crippen LogP contribution in [0.3, 0.4) is 0 Å². The third-order valence-corrected chi connectivity index (χ3v) is 4.37. The predicted octanol–water partition coefficient (Wildman–Crippen LogP) is 3.91. The number of hydrogen-bond acceptors (Lipinski definition) is 4. The van der Waals surface area contributed by atoms with Gasteiger partial charge >= 0.3 is 0 Å². The number of aryl methyl sites for hydroxylation is 1. The van der Waals surface area contributed by atoms with Gasteiger partial charge in [-0.2, -0.15) is 0 Å². The molecule has 1 heterocycles. The van der Waals surface area contributed by atoms with E-state index in [2.05, 4.69) is 48.3 Å². The Morgan fingerprint density at radius 1 is 1.20 bits per heavy atom. The van der Waals surface area contributed by atoms with Crippen molar-refractivity contribution in [3.63, 3.8) is 0 Å². The second kappa shape index (κ2) is 5.98. The highest BCUT2D eigenvalue weighted by Gasteiger charge is 2.34. The molecule has 4 nitrogen and oxygen atoms in total. The van der Waals surface area contributed by atoms with Crippen LogP contribution in [0.25, 0.3) is 0 Å². The molecule has 112 valence electrons. The van der Waals surface area contributed by atoms with Crippen LogP contribution >= 0.6 is 0 Å². The fraction of sp³-hybridized carbons (Fsp3) is 0.750. The van der Waals surface area contributed by atoms with E-state index in [1.807, 2.05) is 6.92 Å². The molecule has 1 saturated carbocycles. The fourth-order valence-corrected chi connectivity index (χ4v) is 2.94. The van der Waals surface area contributed by atoms with E-state index in [1.165, 1.54) is 19.3 Å². The first-order valence-electron chi connectivity index (χ1n) is 7.79. The first-order valence-corrected chi connectivity index (χ1v) is 7.79. The summed E-state index contributed by atoms with van der Waals surface area (Å²) in [5.74, 6) is 2.79. The molecule has 0 aromatic carbocycles. The van der Waals surface area contributed by atoms with Gasteiger partial charge in [0.25, 0.3) is 0 Å². The number of rotatable bonds is 5.